The third-order valence-corrected chi connectivity index (χ3v) is 3.76. The van der Waals surface area contributed by atoms with Gasteiger partial charge in [0.15, 0.2) is 11.7 Å². The molecule has 2 aromatic rings. The first-order valence-corrected chi connectivity index (χ1v) is 7.77. The first-order chi connectivity index (χ1) is 11.2. The Morgan fingerprint density at radius 1 is 1.26 bits per heavy atom. The van der Waals surface area contributed by atoms with Gasteiger partial charge in [-0.05, 0) is 6.26 Å². The van der Waals surface area contributed by atoms with Crippen molar-refractivity contribution in [1.29, 1.82) is 10.5 Å². The third kappa shape index (κ3) is 3.31. The maximum atomic E-state index is 11.8. The van der Waals surface area contributed by atoms with Crippen LogP contribution in [-0.4, -0.2) is 29.3 Å². The summed E-state index contributed by atoms with van der Waals surface area (Å²) in [5, 5.41) is 19.1. The summed E-state index contributed by atoms with van der Waals surface area (Å²) >= 11 is 1.26. The van der Waals surface area contributed by atoms with Crippen molar-refractivity contribution in [3.8, 4) is 23.5 Å². The van der Waals surface area contributed by atoms with Crippen LogP contribution in [0.25, 0.3) is 11.4 Å². The number of methoxy groups -OCH3 is 1. The van der Waals surface area contributed by atoms with Crippen LogP contribution in [0.4, 0.5) is 0 Å². The molecule has 0 aliphatic heterocycles. The van der Waals surface area contributed by atoms with E-state index in [-0.39, 0.29) is 11.3 Å². The van der Waals surface area contributed by atoms with Crippen LogP contribution in [0.5, 0.6) is 0 Å². The summed E-state index contributed by atoms with van der Waals surface area (Å²) in [6, 6.07) is 13.0. The van der Waals surface area contributed by atoms with Crippen molar-refractivity contribution in [2.45, 2.75) is 10.9 Å². The first kappa shape index (κ1) is 16.5. The topological polar surface area (TPSA) is 99.7 Å². The van der Waals surface area contributed by atoms with Crippen LogP contribution in [0.15, 0.2) is 35.4 Å². The van der Waals surface area contributed by atoms with Gasteiger partial charge in [-0.15, -0.1) is 11.8 Å². The van der Waals surface area contributed by atoms with Crippen LogP contribution in [0.1, 0.15) is 17.2 Å². The molecule has 1 aromatic heterocycles. The zero-order chi connectivity index (χ0) is 16.8. The number of nitrogens with zero attached hydrogens (tertiary/aromatic N) is 4. The Labute approximate surface area is 137 Å². The number of carbonyl (C=O) groups is 1. The molecule has 1 aromatic carbocycles. The molecular formula is C16H12N4O2S. The molecule has 114 valence electrons. The van der Waals surface area contributed by atoms with Gasteiger partial charge in [-0.3, -0.25) is 4.79 Å². The summed E-state index contributed by atoms with van der Waals surface area (Å²) in [5.74, 6) is -1.67. The summed E-state index contributed by atoms with van der Waals surface area (Å²) in [6.07, 6.45) is 1.77. The number of hydrogen-bond donors (Lipinski definition) is 0. The molecule has 0 aliphatic rings. The van der Waals surface area contributed by atoms with Crippen molar-refractivity contribution in [1.82, 2.24) is 9.97 Å². The zero-order valence-electron chi connectivity index (χ0n) is 12.5. The summed E-state index contributed by atoms with van der Waals surface area (Å²) in [5.41, 5.74) is 0.921. The standard InChI is InChI=1S/C16H12N4O2S/c1-22-16(21)12(9-18)13-11(8-17)15(23-2)20-14(19-13)10-6-4-3-5-7-10/h3-7,12H,1-2H3. The number of rotatable bonds is 4. The smallest absolute Gasteiger partial charge is 0.329 e. The van der Waals surface area contributed by atoms with Crippen LogP contribution in [0.3, 0.4) is 0 Å². The molecule has 0 fully saturated rings. The van der Waals surface area contributed by atoms with Crippen LogP contribution in [0.2, 0.25) is 0 Å². The molecule has 1 heterocycles. The van der Waals surface area contributed by atoms with Gasteiger partial charge < -0.3 is 4.74 Å². The quantitative estimate of drug-likeness (QED) is 0.484. The fourth-order valence-corrected chi connectivity index (χ4v) is 2.51. The van der Waals surface area contributed by atoms with Crippen molar-refractivity contribution in [2.75, 3.05) is 13.4 Å². The van der Waals surface area contributed by atoms with Gasteiger partial charge in [0.1, 0.15) is 16.7 Å². The van der Waals surface area contributed by atoms with E-state index in [0.717, 1.165) is 5.56 Å². The Kier molecular flexibility index (Phi) is 5.29. The van der Waals surface area contributed by atoms with Crippen LogP contribution >= 0.6 is 11.8 Å². The van der Waals surface area contributed by atoms with Crippen molar-refractivity contribution in [2.24, 2.45) is 0 Å². The second-order valence-corrected chi connectivity index (χ2v) is 5.17. The predicted molar refractivity (Wildman–Crippen MR) is 84.3 cm³/mol. The highest BCUT2D eigenvalue weighted by Crippen LogP contribution is 2.29. The van der Waals surface area contributed by atoms with Crippen LogP contribution < -0.4 is 0 Å². The summed E-state index contributed by atoms with van der Waals surface area (Å²) in [7, 11) is 1.19. The van der Waals surface area contributed by atoms with E-state index < -0.39 is 11.9 Å². The number of carbonyl (C=O) groups excluding carboxylic acids is 1. The van der Waals surface area contributed by atoms with Crippen LogP contribution in [0, 0.1) is 22.7 Å². The minimum atomic E-state index is -1.27. The van der Waals surface area contributed by atoms with E-state index in [1.807, 2.05) is 42.5 Å². The number of nitriles is 2. The fourth-order valence-electron chi connectivity index (χ4n) is 1.98. The fraction of sp³-hybridized carbons (Fsp3) is 0.188. The molecule has 0 bridgehead atoms. The van der Waals surface area contributed by atoms with E-state index in [2.05, 4.69) is 14.7 Å². The molecule has 1 unspecified atom stereocenters. The predicted octanol–water partition coefficient (Wildman–Crippen LogP) is 2.52. The molecule has 0 spiro atoms. The van der Waals surface area contributed by atoms with E-state index in [1.54, 1.807) is 6.26 Å². The number of thioether (sulfide) groups is 1. The number of benzene rings is 1. The van der Waals surface area contributed by atoms with Gasteiger partial charge in [-0.1, -0.05) is 30.3 Å². The largest absolute Gasteiger partial charge is 0.468 e. The molecule has 0 N–H and O–H groups in total. The van der Waals surface area contributed by atoms with E-state index in [9.17, 15) is 15.3 Å². The molecule has 0 saturated heterocycles. The average molecular weight is 324 g/mol. The lowest BCUT2D eigenvalue weighted by molar-refractivity contribution is -0.141. The number of hydrogen-bond acceptors (Lipinski definition) is 7. The zero-order valence-corrected chi connectivity index (χ0v) is 13.3. The number of esters is 1. The summed E-state index contributed by atoms with van der Waals surface area (Å²) < 4.78 is 4.64. The average Bonchev–Trinajstić information content (AvgIpc) is 2.62. The van der Waals surface area contributed by atoms with Gasteiger partial charge in [-0.2, -0.15) is 10.5 Å². The lowest BCUT2D eigenvalue weighted by atomic mass is 10.0. The van der Waals surface area contributed by atoms with Crippen molar-refractivity contribution >= 4 is 17.7 Å². The van der Waals surface area contributed by atoms with Crippen molar-refractivity contribution in [3.05, 3.63) is 41.6 Å². The Morgan fingerprint density at radius 3 is 2.48 bits per heavy atom. The minimum absolute atomic E-state index is 0.0695. The minimum Gasteiger partial charge on any atom is -0.468 e. The van der Waals surface area contributed by atoms with Gasteiger partial charge in [-0.25, -0.2) is 9.97 Å². The summed E-state index contributed by atoms with van der Waals surface area (Å²) in [6.45, 7) is 0. The lowest BCUT2D eigenvalue weighted by Gasteiger charge is -2.12. The highest BCUT2D eigenvalue weighted by Gasteiger charge is 2.28. The molecule has 6 nitrogen and oxygen atoms in total. The van der Waals surface area contributed by atoms with Gasteiger partial charge in [0.25, 0.3) is 0 Å². The third-order valence-electron chi connectivity index (χ3n) is 3.08. The Morgan fingerprint density at radius 2 is 1.96 bits per heavy atom. The van der Waals surface area contributed by atoms with E-state index in [0.29, 0.717) is 10.9 Å². The Hall–Kier alpha value is -2.90. The molecule has 0 amide bonds. The van der Waals surface area contributed by atoms with E-state index >= 15 is 0 Å². The second-order valence-electron chi connectivity index (χ2n) is 4.38. The first-order valence-electron chi connectivity index (χ1n) is 6.55. The van der Waals surface area contributed by atoms with Crippen molar-refractivity contribution < 1.29 is 9.53 Å². The van der Waals surface area contributed by atoms with E-state index in [1.165, 1.54) is 18.9 Å². The van der Waals surface area contributed by atoms with Gasteiger partial charge in [0.05, 0.1) is 18.9 Å². The molecule has 1 atom stereocenters. The van der Waals surface area contributed by atoms with Crippen LogP contribution in [-0.2, 0) is 9.53 Å². The normalized spacial score (nSPS) is 11.1. The molecule has 2 rings (SSSR count). The monoisotopic (exact) mass is 324 g/mol. The van der Waals surface area contributed by atoms with E-state index in [4.69, 9.17) is 0 Å². The lowest BCUT2D eigenvalue weighted by Crippen LogP contribution is -2.17. The van der Waals surface area contributed by atoms with Crippen molar-refractivity contribution in [3.63, 3.8) is 0 Å². The molecular weight excluding hydrogens is 312 g/mol. The van der Waals surface area contributed by atoms with Gasteiger partial charge in [0.2, 0.25) is 0 Å². The number of aromatic nitrogens is 2. The molecule has 0 saturated carbocycles. The van der Waals surface area contributed by atoms with Gasteiger partial charge >= 0.3 is 5.97 Å². The highest BCUT2D eigenvalue weighted by atomic mass is 32.2. The summed E-state index contributed by atoms with van der Waals surface area (Å²) in [4.78, 5) is 20.5. The second kappa shape index (κ2) is 7.39. The maximum absolute atomic E-state index is 11.8. The maximum Gasteiger partial charge on any atom is 0.329 e. The molecule has 0 radical (unpaired) electrons. The molecule has 7 heteroatoms. The molecule has 0 aliphatic carbocycles. The van der Waals surface area contributed by atoms with Gasteiger partial charge in [0, 0.05) is 5.56 Å². The SMILES string of the molecule is COC(=O)C(C#N)c1nc(-c2ccccc2)nc(SC)c1C#N. The molecule has 23 heavy (non-hydrogen) atoms. The highest BCUT2D eigenvalue weighted by molar-refractivity contribution is 7.98. The Balaban J connectivity index is 2.72. The Bertz CT molecular complexity index is 809. The number of ether oxygens (including phenoxy) is 1.